The Bertz CT molecular complexity index is 948. The van der Waals surface area contributed by atoms with Crippen LogP contribution < -0.4 is 5.32 Å². The summed E-state index contributed by atoms with van der Waals surface area (Å²) in [5.41, 5.74) is 2.05. The third-order valence-electron chi connectivity index (χ3n) is 5.18. The number of amides is 1. The quantitative estimate of drug-likeness (QED) is 0.758. The molecule has 2 aromatic rings. The lowest BCUT2D eigenvalue weighted by atomic mass is 10.1. The van der Waals surface area contributed by atoms with Gasteiger partial charge in [0.15, 0.2) is 14.6 Å². The molecular weight excluding hydrogens is 380 g/mol. The fourth-order valence-electron chi connectivity index (χ4n) is 3.59. The molecule has 0 saturated heterocycles. The number of hydrogen-bond acceptors (Lipinski definition) is 5. The molecule has 0 spiro atoms. The Kier molecular flexibility index (Phi) is 5.63. The molecule has 1 aliphatic rings. The van der Waals surface area contributed by atoms with Gasteiger partial charge in [-0.2, -0.15) is 0 Å². The van der Waals surface area contributed by atoms with Crippen molar-refractivity contribution in [3.8, 4) is 0 Å². The Labute approximate surface area is 164 Å². The summed E-state index contributed by atoms with van der Waals surface area (Å²) < 4.78 is 25.7. The number of anilines is 1. The Morgan fingerprint density at radius 2 is 1.85 bits per heavy atom. The molecule has 0 bridgehead atoms. The largest absolute Gasteiger partial charge is 0.323 e. The number of nitrogens with one attached hydrogen (secondary N) is 1. The number of thioether (sulfide) groups is 1. The summed E-state index contributed by atoms with van der Waals surface area (Å²) in [5.74, 6) is -0.459. The van der Waals surface area contributed by atoms with Crippen molar-refractivity contribution in [1.82, 2.24) is 4.98 Å². The first-order valence-corrected chi connectivity index (χ1v) is 11.6. The Morgan fingerprint density at radius 3 is 2.44 bits per heavy atom. The maximum absolute atomic E-state index is 13.6. The zero-order valence-corrected chi connectivity index (χ0v) is 17.4. The predicted molar refractivity (Wildman–Crippen MR) is 109 cm³/mol. The molecule has 1 fully saturated rings. The van der Waals surface area contributed by atoms with Crippen LogP contribution >= 0.6 is 11.8 Å². The highest BCUT2D eigenvalue weighted by molar-refractivity contribution is 7.98. The van der Waals surface area contributed by atoms with Crippen molar-refractivity contribution in [3.05, 3.63) is 47.7 Å². The van der Waals surface area contributed by atoms with E-state index in [2.05, 4.69) is 10.3 Å². The topological polar surface area (TPSA) is 76.1 Å². The lowest BCUT2D eigenvalue weighted by Gasteiger charge is -2.28. The van der Waals surface area contributed by atoms with Gasteiger partial charge in [0, 0.05) is 0 Å². The first-order valence-electron chi connectivity index (χ1n) is 8.93. The van der Waals surface area contributed by atoms with E-state index in [0.717, 1.165) is 23.4 Å². The molecule has 1 aromatic carbocycles. The van der Waals surface area contributed by atoms with E-state index in [1.807, 2.05) is 19.2 Å². The highest BCUT2D eigenvalue weighted by Crippen LogP contribution is 2.42. The van der Waals surface area contributed by atoms with Crippen LogP contribution in [-0.4, -0.2) is 30.3 Å². The number of aromatic nitrogens is 1. The van der Waals surface area contributed by atoms with Crippen LogP contribution in [-0.2, 0) is 14.6 Å². The van der Waals surface area contributed by atoms with Gasteiger partial charge in [0.2, 0.25) is 5.91 Å². The SMILES string of the molecule is CSc1ccc(NC(=O)C2(S(=O)(=O)c3cc(C)ccc3C)CCCC2)cn1. The van der Waals surface area contributed by atoms with Crippen LogP contribution in [0.1, 0.15) is 36.8 Å². The Hall–Kier alpha value is -1.86. The van der Waals surface area contributed by atoms with Gasteiger partial charge in [0.05, 0.1) is 21.8 Å². The van der Waals surface area contributed by atoms with Gasteiger partial charge in [-0.1, -0.05) is 25.0 Å². The number of pyridine rings is 1. The summed E-state index contributed by atoms with van der Waals surface area (Å²) in [6, 6.07) is 8.92. The van der Waals surface area contributed by atoms with Crippen molar-refractivity contribution in [2.45, 2.75) is 54.2 Å². The summed E-state index contributed by atoms with van der Waals surface area (Å²) in [5, 5.41) is 3.64. The maximum Gasteiger partial charge on any atom is 0.246 e. The van der Waals surface area contributed by atoms with E-state index < -0.39 is 20.5 Å². The summed E-state index contributed by atoms with van der Waals surface area (Å²) in [7, 11) is -3.82. The van der Waals surface area contributed by atoms with Gasteiger partial charge in [0.1, 0.15) is 0 Å². The van der Waals surface area contributed by atoms with Crippen molar-refractivity contribution in [3.63, 3.8) is 0 Å². The van der Waals surface area contributed by atoms with Crippen LogP contribution in [0.5, 0.6) is 0 Å². The van der Waals surface area contributed by atoms with Gasteiger partial charge in [-0.3, -0.25) is 4.79 Å². The summed E-state index contributed by atoms with van der Waals surface area (Å²) in [4.78, 5) is 17.7. The predicted octanol–water partition coefficient (Wildman–Crippen LogP) is 4.15. The van der Waals surface area contributed by atoms with Gasteiger partial charge < -0.3 is 5.32 Å². The average molecular weight is 405 g/mol. The third-order valence-corrected chi connectivity index (χ3v) is 8.48. The molecule has 144 valence electrons. The Balaban J connectivity index is 1.99. The van der Waals surface area contributed by atoms with E-state index in [0.29, 0.717) is 24.1 Å². The van der Waals surface area contributed by atoms with Crippen LogP contribution in [0, 0.1) is 13.8 Å². The minimum Gasteiger partial charge on any atom is -0.323 e. The number of hydrogen-bond donors (Lipinski definition) is 1. The monoisotopic (exact) mass is 404 g/mol. The zero-order chi connectivity index (χ0) is 19.7. The van der Waals surface area contributed by atoms with Gasteiger partial charge >= 0.3 is 0 Å². The van der Waals surface area contributed by atoms with Crippen molar-refractivity contribution in [2.24, 2.45) is 0 Å². The second-order valence-corrected chi connectivity index (χ2v) is 10.1. The number of carbonyl (C=O) groups is 1. The van der Waals surface area contributed by atoms with Crippen molar-refractivity contribution in [1.29, 1.82) is 0 Å². The summed E-state index contributed by atoms with van der Waals surface area (Å²) in [6.45, 7) is 3.64. The zero-order valence-electron chi connectivity index (χ0n) is 15.8. The molecular formula is C20H24N2O3S2. The van der Waals surface area contributed by atoms with Crippen LogP contribution in [0.25, 0.3) is 0 Å². The highest BCUT2D eigenvalue weighted by Gasteiger charge is 2.53. The fourth-order valence-corrected chi connectivity index (χ4v) is 6.33. The molecule has 1 amide bonds. The third kappa shape index (κ3) is 3.62. The first kappa shape index (κ1) is 19.9. The molecule has 0 aliphatic heterocycles. The van der Waals surface area contributed by atoms with Crippen molar-refractivity contribution < 1.29 is 13.2 Å². The minimum absolute atomic E-state index is 0.260. The first-order chi connectivity index (χ1) is 12.8. The molecule has 1 aliphatic carbocycles. The Morgan fingerprint density at radius 1 is 1.15 bits per heavy atom. The molecule has 0 radical (unpaired) electrons. The number of sulfone groups is 1. The fraction of sp³-hybridized carbons (Fsp3) is 0.400. The van der Waals surface area contributed by atoms with E-state index in [1.165, 1.54) is 11.8 Å². The maximum atomic E-state index is 13.6. The normalized spacial score (nSPS) is 16.3. The summed E-state index contributed by atoms with van der Waals surface area (Å²) in [6.07, 6.45) is 5.61. The smallest absolute Gasteiger partial charge is 0.246 e. The molecule has 0 atom stereocenters. The van der Waals surface area contributed by atoms with Crippen LogP contribution in [0.15, 0.2) is 46.5 Å². The lowest BCUT2D eigenvalue weighted by molar-refractivity contribution is -0.118. The standard InChI is InChI=1S/C20H24N2O3S2/c1-14-6-7-15(2)17(12-14)27(24,25)20(10-4-5-11-20)19(23)22-16-8-9-18(26-3)21-13-16/h6-9,12-13H,4-5,10-11H2,1-3H3,(H,22,23). The van der Waals surface area contributed by atoms with Gasteiger partial charge in [0.25, 0.3) is 0 Å². The average Bonchev–Trinajstić information content (AvgIpc) is 3.16. The van der Waals surface area contributed by atoms with Gasteiger partial charge in [-0.15, -0.1) is 11.8 Å². The van der Waals surface area contributed by atoms with E-state index in [9.17, 15) is 13.2 Å². The van der Waals surface area contributed by atoms with Crippen molar-refractivity contribution in [2.75, 3.05) is 11.6 Å². The molecule has 0 unspecified atom stereocenters. The second-order valence-electron chi connectivity index (χ2n) is 7.02. The molecule has 7 heteroatoms. The number of benzene rings is 1. The van der Waals surface area contributed by atoms with Crippen molar-refractivity contribution >= 4 is 33.2 Å². The molecule has 1 heterocycles. The van der Waals surface area contributed by atoms with Crippen LogP contribution in [0.3, 0.4) is 0 Å². The van der Waals surface area contributed by atoms with Crippen LogP contribution in [0.2, 0.25) is 0 Å². The van der Waals surface area contributed by atoms with E-state index >= 15 is 0 Å². The highest BCUT2D eigenvalue weighted by atomic mass is 32.2. The lowest BCUT2D eigenvalue weighted by Crippen LogP contribution is -2.47. The molecule has 1 aromatic heterocycles. The van der Waals surface area contributed by atoms with Gasteiger partial charge in [-0.05, 0) is 62.3 Å². The van der Waals surface area contributed by atoms with Crippen LogP contribution in [0.4, 0.5) is 5.69 Å². The molecule has 5 nitrogen and oxygen atoms in total. The minimum atomic E-state index is -3.82. The van der Waals surface area contributed by atoms with E-state index in [1.54, 1.807) is 37.4 Å². The molecule has 1 N–H and O–H groups in total. The molecule has 1 saturated carbocycles. The molecule has 27 heavy (non-hydrogen) atoms. The number of carbonyl (C=O) groups excluding carboxylic acids is 1. The second kappa shape index (κ2) is 7.64. The van der Waals surface area contributed by atoms with E-state index in [4.69, 9.17) is 0 Å². The summed E-state index contributed by atoms with van der Waals surface area (Å²) >= 11 is 1.51. The van der Waals surface area contributed by atoms with Gasteiger partial charge in [-0.25, -0.2) is 13.4 Å². The van der Waals surface area contributed by atoms with E-state index in [-0.39, 0.29) is 4.90 Å². The number of rotatable bonds is 5. The molecule has 3 rings (SSSR count). The number of aryl methyl sites for hydroxylation is 2. The number of nitrogens with zero attached hydrogens (tertiary/aromatic N) is 1.